The lowest BCUT2D eigenvalue weighted by atomic mass is 10.1. The second-order valence-corrected chi connectivity index (χ2v) is 4.49. The Hall–Kier alpha value is -2.37. The number of aryl methyl sites for hydroxylation is 1. The lowest BCUT2D eigenvalue weighted by molar-refractivity contribution is -0.137. The van der Waals surface area contributed by atoms with Crippen LogP contribution in [0.2, 0.25) is 0 Å². The molecule has 0 saturated carbocycles. The van der Waals surface area contributed by atoms with Crippen molar-refractivity contribution < 1.29 is 13.2 Å². The van der Waals surface area contributed by atoms with E-state index in [9.17, 15) is 13.2 Å². The van der Waals surface area contributed by atoms with E-state index in [-0.39, 0.29) is 0 Å². The number of rotatable bonds is 1. The van der Waals surface area contributed by atoms with Gasteiger partial charge in [-0.3, -0.25) is 0 Å². The molecule has 0 spiro atoms. The molecule has 0 aliphatic rings. The molecule has 3 nitrogen and oxygen atoms in total. The van der Waals surface area contributed by atoms with Crippen LogP contribution in [0.3, 0.4) is 0 Å². The molecule has 0 fully saturated rings. The van der Waals surface area contributed by atoms with Gasteiger partial charge in [-0.25, -0.2) is 9.97 Å². The number of hydrogen-bond donors (Lipinski definition) is 0. The number of fused-ring (bicyclic) bond motifs is 1. The fourth-order valence-electron chi connectivity index (χ4n) is 2.23. The molecule has 6 heteroatoms. The molecule has 0 bridgehead atoms. The van der Waals surface area contributed by atoms with Gasteiger partial charge in [-0.15, -0.1) is 0 Å². The molecule has 2 aromatic heterocycles. The highest BCUT2D eigenvalue weighted by Gasteiger charge is 2.30. The van der Waals surface area contributed by atoms with Gasteiger partial charge in [0, 0.05) is 35.9 Å². The Balaban J connectivity index is 2.20. The molecule has 3 aromatic rings. The summed E-state index contributed by atoms with van der Waals surface area (Å²) in [4.78, 5) is 7.85. The van der Waals surface area contributed by atoms with Crippen LogP contribution in [-0.2, 0) is 13.2 Å². The van der Waals surface area contributed by atoms with E-state index in [4.69, 9.17) is 0 Å². The first-order valence-corrected chi connectivity index (χ1v) is 5.89. The van der Waals surface area contributed by atoms with Crippen molar-refractivity contribution in [2.24, 2.45) is 7.05 Å². The smallest absolute Gasteiger partial charge is 0.344 e. The summed E-state index contributed by atoms with van der Waals surface area (Å²) >= 11 is 0. The second kappa shape index (κ2) is 4.33. The quantitative estimate of drug-likeness (QED) is 0.679. The highest BCUT2D eigenvalue weighted by atomic mass is 19.4. The number of aromatic nitrogens is 3. The third kappa shape index (κ3) is 2.03. The van der Waals surface area contributed by atoms with Crippen molar-refractivity contribution in [1.29, 1.82) is 0 Å². The van der Waals surface area contributed by atoms with Gasteiger partial charge in [0.15, 0.2) is 0 Å². The molecule has 0 N–H and O–H groups in total. The zero-order chi connectivity index (χ0) is 14.3. The largest absolute Gasteiger partial charge is 0.416 e. The van der Waals surface area contributed by atoms with E-state index in [0.29, 0.717) is 5.39 Å². The molecule has 0 radical (unpaired) electrons. The molecule has 0 saturated heterocycles. The van der Waals surface area contributed by atoms with E-state index in [1.54, 1.807) is 25.5 Å². The molecule has 20 heavy (non-hydrogen) atoms. The Morgan fingerprint density at radius 2 is 1.75 bits per heavy atom. The maximum atomic E-state index is 12.7. The second-order valence-electron chi connectivity index (χ2n) is 4.49. The summed E-state index contributed by atoms with van der Waals surface area (Å²) < 4.78 is 40.0. The molecule has 0 unspecified atom stereocenters. The number of alkyl halides is 3. The van der Waals surface area contributed by atoms with Crippen LogP contribution in [0.25, 0.3) is 22.2 Å². The first kappa shape index (κ1) is 12.7. The Labute approximate surface area is 112 Å². The molecule has 0 aliphatic carbocycles. The van der Waals surface area contributed by atoms with E-state index >= 15 is 0 Å². The minimum Gasteiger partial charge on any atom is -0.344 e. The zero-order valence-electron chi connectivity index (χ0n) is 10.5. The van der Waals surface area contributed by atoms with Gasteiger partial charge in [-0.1, -0.05) is 0 Å². The maximum absolute atomic E-state index is 12.7. The molecule has 102 valence electrons. The monoisotopic (exact) mass is 277 g/mol. The fourth-order valence-corrected chi connectivity index (χ4v) is 2.23. The normalized spacial score (nSPS) is 12.0. The number of benzene rings is 1. The molecule has 0 aliphatic heterocycles. The summed E-state index contributed by atoms with van der Waals surface area (Å²) in [5, 5.41) is 0.543. The molecule has 2 heterocycles. The molecule has 0 atom stereocenters. The first-order chi connectivity index (χ1) is 9.47. The Morgan fingerprint density at radius 3 is 2.40 bits per heavy atom. The van der Waals surface area contributed by atoms with Crippen molar-refractivity contribution in [2.45, 2.75) is 6.18 Å². The van der Waals surface area contributed by atoms with Crippen LogP contribution in [0.5, 0.6) is 0 Å². The van der Waals surface area contributed by atoms with Gasteiger partial charge in [0.05, 0.1) is 11.3 Å². The highest BCUT2D eigenvalue weighted by molar-refractivity contribution is 5.87. The van der Waals surface area contributed by atoms with E-state index in [0.717, 1.165) is 28.9 Å². The van der Waals surface area contributed by atoms with Crippen LogP contribution < -0.4 is 0 Å². The number of hydrogen-bond acceptors (Lipinski definition) is 2. The summed E-state index contributed by atoms with van der Waals surface area (Å²) in [6.07, 6.45) is 0.339. The Kier molecular flexibility index (Phi) is 2.74. The van der Waals surface area contributed by atoms with E-state index in [2.05, 4.69) is 9.97 Å². The predicted molar refractivity (Wildman–Crippen MR) is 68.9 cm³/mol. The summed E-state index contributed by atoms with van der Waals surface area (Å²) in [6, 6.07) is 5.44. The van der Waals surface area contributed by atoms with Crippen LogP contribution in [0.4, 0.5) is 13.2 Å². The van der Waals surface area contributed by atoms with Crippen LogP contribution in [0.15, 0.2) is 43.0 Å². The Morgan fingerprint density at radius 1 is 1.05 bits per heavy atom. The minimum absolute atomic E-state index is 0.543. The number of nitrogens with zero attached hydrogens (tertiary/aromatic N) is 3. The fraction of sp³-hybridized carbons (Fsp3) is 0.143. The summed E-state index contributed by atoms with van der Waals surface area (Å²) in [5.41, 5.74) is 1.63. The van der Waals surface area contributed by atoms with Gasteiger partial charge in [0.1, 0.15) is 6.33 Å². The average Bonchev–Trinajstić information content (AvgIpc) is 2.76. The number of halogens is 3. The van der Waals surface area contributed by atoms with Gasteiger partial charge < -0.3 is 4.57 Å². The SMILES string of the molecule is Cn1c(-c2cncnc2)cc2cc(C(F)(F)F)ccc21. The van der Waals surface area contributed by atoms with Crippen molar-refractivity contribution in [2.75, 3.05) is 0 Å². The van der Waals surface area contributed by atoms with Crippen LogP contribution >= 0.6 is 0 Å². The lowest BCUT2D eigenvalue weighted by Crippen LogP contribution is -2.04. The zero-order valence-corrected chi connectivity index (χ0v) is 10.5. The maximum Gasteiger partial charge on any atom is 0.416 e. The summed E-state index contributed by atoms with van der Waals surface area (Å²) in [5.74, 6) is 0. The van der Waals surface area contributed by atoms with Crippen LogP contribution in [0.1, 0.15) is 5.56 Å². The molecular weight excluding hydrogens is 267 g/mol. The van der Waals surface area contributed by atoms with Gasteiger partial charge in [-0.2, -0.15) is 13.2 Å². The third-order valence-corrected chi connectivity index (χ3v) is 3.23. The van der Waals surface area contributed by atoms with Gasteiger partial charge in [-0.05, 0) is 24.3 Å². The molecular formula is C14H10F3N3. The molecule has 1 aromatic carbocycles. The summed E-state index contributed by atoms with van der Waals surface area (Å²) in [6.45, 7) is 0. The summed E-state index contributed by atoms with van der Waals surface area (Å²) in [7, 11) is 1.80. The molecule has 0 amide bonds. The topological polar surface area (TPSA) is 30.7 Å². The van der Waals surface area contributed by atoms with Crippen molar-refractivity contribution >= 4 is 10.9 Å². The van der Waals surface area contributed by atoms with Crippen LogP contribution in [0, 0.1) is 0 Å². The predicted octanol–water partition coefficient (Wildman–Crippen LogP) is 3.65. The van der Waals surface area contributed by atoms with Crippen molar-refractivity contribution in [3.05, 3.63) is 48.5 Å². The average molecular weight is 277 g/mol. The lowest BCUT2D eigenvalue weighted by Gasteiger charge is -2.06. The van der Waals surface area contributed by atoms with Crippen molar-refractivity contribution in [3.8, 4) is 11.3 Å². The first-order valence-electron chi connectivity index (χ1n) is 5.89. The third-order valence-electron chi connectivity index (χ3n) is 3.23. The van der Waals surface area contributed by atoms with Gasteiger partial charge >= 0.3 is 6.18 Å². The standard InChI is InChI=1S/C14H10F3N3/c1-20-12-3-2-11(14(15,16)17)4-9(12)5-13(20)10-6-18-8-19-7-10/h2-8H,1H3. The van der Waals surface area contributed by atoms with Gasteiger partial charge in [0.2, 0.25) is 0 Å². The minimum atomic E-state index is -4.33. The van der Waals surface area contributed by atoms with Crippen molar-refractivity contribution in [1.82, 2.24) is 14.5 Å². The molecule has 3 rings (SSSR count). The highest BCUT2D eigenvalue weighted by Crippen LogP contribution is 2.33. The van der Waals surface area contributed by atoms with E-state index in [1.165, 1.54) is 12.4 Å². The Bertz CT molecular complexity index is 760. The van der Waals surface area contributed by atoms with E-state index < -0.39 is 11.7 Å². The van der Waals surface area contributed by atoms with Crippen LogP contribution in [-0.4, -0.2) is 14.5 Å². The van der Waals surface area contributed by atoms with Gasteiger partial charge in [0.25, 0.3) is 0 Å². The van der Waals surface area contributed by atoms with Crippen molar-refractivity contribution in [3.63, 3.8) is 0 Å². The van der Waals surface area contributed by atoms with E-state index in [1.807, 2.05) is 4.57 Å².